The van der Waals surface area contributed by atoms with Crippen molar-refractivity contribution in [1.82, 2.24) is 9.80 Å². The summed E-state index contributed by atoms with van der Waals surface area (Å²) >= 11 is 2.19. The highest BCUT2D eigenvalue weighted by atomic mass is 127. The predicted octanol–water partition coefficient (Wildman–Crippen LogP) is 4.18. The van der Waals surface area contributed by atoms with Gasteiger partial charge in [-0.15, -0.1) is 0 Å². The summed E-state index contributed by atoms with van der Waals surface area (Å²) in [7, 11) is 3.79. The Kier molecular flexibility index (Phi) is 6.49. The van der Waals surface area contributed by atoms with E-state index < -0.39 is 6.23 Å². The lowest BCUT2D eigenvalue weighted by Gasteiger charge is -2.40. The molecule has 7 heteroatoms. The molecule has 0 spiro atoms. The van der Waals surface area contributed by atoms with Gasteiger partial charge in [-0.25, -0.2) is 4.99 Å². The van der Waals surface area contributed by atoms with E-state index in [9.17, 15) is 10.4 Å². The highest BCUT2D eigenvalue weighted by molar-refractivity contribution is 14.1. The second kappa shape index (κ2) is 9.28. The number of nitriles is 1. The summed E-state index contributed by atoms with van der Waals surface area (Å²) < 4.78 is 0.873. The fourth-order valence-corrected chi connectivity index (χ4v) is 4.76. The molecule has 0 saturated carbocycles. The summed E-state index contributed by atoms with van der Waals surface area (Å²) in [6, 6.07) is 16.0. The molecule has 2 aromatic carbocycles. The molecule has 2 aromatic rings. The second-order valence-corrected chi connectivity index (χ2v) is 9.00. The number of aliphatic hydroxyl groups excluding tert-OH is 1. The van der Waals surface area contributed by atoms with E-state index in [0.717, 1.165) is 63.5 Å². The fourth-order valence-electron chi connectivity index (χ4n) is 4.13. The zero-order valence-electron chi connectivity index (χ0n) is 17.8. The van der Waals surface area contributed by atoms with E-state index in [2.05, 4.69) is 38.9 Å². The Morgan fingerprint density at radius 1 is 1.10 bits per heavy atom. The van der Waals surface area contributed by atoms with Crippen LogP contribution < -0.4 is 5.32 Å². The summed E-state index contributed by atoms with van der Waals surface area (Å²) in [6.45, 7) is 1.89. The highest BCUT2D eigenvalue weighted by Gasteiger charge is 2.33. The van der Waals surface area contributed by atoms with Gasteiger partial charge in [-0.1, -0.05) is 18.2 Å². The Morgan fingerprint density at radius 3 is 2.39 bits per heavy atom. The summed E-state index contributed by atoms with van der Waals surface area (Å²) in [5, 5.41) is 23.9. The van der Waals surface area contributed by atoms with E-state index in [0.29, 0.717) is 5.56 Å². The molecule has 1 saturated heterocycles. The van der Waals surface area contributed by atoms with Gasteiger partial charge in [0, 0.05) is 47.6 Å². The number of hydrogen-bond acceptors (Lipinski definition) is 6. The van der Waals surface area contributed by atoms with E-state index in [1.165, 1.54) is 6.42 Å². The molecular weight excluding hydrogens is 501 g/mol. The van der Waals surface area contributed by atoms with Gasteiger partial charge in [0.2, 0.25) is 5.96 Å². The second-order valence-electron chi connectivity index (χ2n) is 7.84. The molecule has 4 rings (SSSR count). The fraction of sp³-hybridized carbons (Fsp3) is 0.333. The van der Waals surface area contributed by atoms with Crippen LogP contribution in [-0.4, -0.2) is 54.3 Å². The number of piperidine rings is 1. The van der Waals surface area contributed by atoms with Gasteiger partial charge >= 0.3 is 0 Å². The Morgan fingerprint density at radius 2 is 1.77 bits per heavy atom. The number of aliphatic hydroxyl groups is 1. The van der Waals surface area contributed by atoms with Crippen LogP contribution in [0.3, 0.4) is 0 Å². The monoisotopic (exact) mass is 527 g/mol. The SMILES string of the molecule is CNc1ccc(C2=C(c3ccc(C#N)c(I)c3)N=C(N3CCCCC3)N(C)C2O)cc1. The van der Waals surface area contributed by atoms with Crippen LogP contribution in [0.5, 0.6) is 0 Å². The normalized spacial score (nSPS) is 19.2. The van der Waals surface area contributed by atoms with Crippen molar-refractivity contribution in [2.45, 2.75) is 25.5 Å². The maximum atomic E-state index is 11.4. The van der Waals surface area contributed by atoms with Crippen LogP contribution in [-0.2, 0) is 0 Å². The number of halogens is 1. The molecule has 1 fully saturated rings. The molecule has 0 aromatic heterocycles. The third kappa shape index (κ3) is 4.27. The number of rotatable bonds is 3. The smallest absolute Gasteiger partial charge is 0.203 e. The third-order valence-corrected chi connectivity index (χ3v) is 6.79. The van der Waals surface area contributed by atoms with E-state index in [4.69, 9.17) is 4.99 Å². The highest BCUT2D eigenvalue weighted by Crippen LogP contribution is 2.36. The van der Waals surface area contributed by atoms with Crippen LogP contribution in [0.1, 0.15) is 36.0 Å². The molecule has 0 bridgehead atoms. The molecule has 31 heavy (non-hydrogen) atoms. The Balaban J connectivity index is 1.89. The number of nitrogens with zero attached hydrogens (tertiary/aromatic N) is 4. The van der Waals surface area contributed by atoms with Gasteiger partial charge < -0.3 is 20.2 Å². The maximum absolute atomic E-state index is 11.4. The molecule has 2 N–H and O–H groups in total. The zero-order valence-corrected chi connectivity index (χ0v) is 19.9. The van der Waals surface area contributed by atoms with Gasteiger partial charge in [0.25, 0.3) is 0 Å². The lowest BCUT2D eigenvalue weighted by atomic mass is 9.95. The van der Waals surface area contributed by atoms with Crippen LogP contribution in [0.15, 0.2) is 47.5 Å². The average molecular weight is 527 g/mol. The lowest BCUT2D eigenvalue weighted by molar-refractivity contribution is 0.107. The number of benzene rings is 2. The minimum Gasteiger partial charge on any atom is -0.388 e. The first-order chi connectivity index (χ1) is 15.0. The average Bonchev–Trinajstić information content (AvgIpc) is 2.81. The number of anilines is 1. The first-order valence-corrected chi connectivity index (χ1v) is 11.6. The van der Waals surface area contributed by atoms with Crippen molar-refractivity contribution in [1.29, 1.82) is 5.26 Å². The van der Waals surface area contributed by atoms with Gasteiger partial charge in [0.05, 0.1) is 11.3 Å². The van der Waals surface area contributed by atoms with Crippen molar-refractivity contribution in [3.63, 3.8) is 0 Å². The van der Waals surface area contributed by atoms with Crippen molar-refractivity contribution >= 4 is 45.5 Å². The number of aliphatic imine (C=N–C) groups is 1. The molecule has 2 heterocycles. The Labute approximate surface area is 197 Å². The van der Waals surface area contributed by atoms with Crippen LogP contribution in [0.2, 0.25) is 0 Å². The minimum absolute atomic E-state index is 0.638. The maximum Gasteiger partial charge on any atom is 0.203 e. The van der Waals surface area contributed by atoms with Gasteiger partial charge in [0.15, 0.2) is 6.23 Å². The molecule has 0 radical (unpaired) electrons. The largest absolute Gasteiger partial charge is 0.388 e. The van der Waals surface area contributed by atoms with Gasteiger partial charge in [-0.05, 0) is 71.7 Å². The van der Waals surface area contributed by atoms with Crippen LogP contribution in [0, 0.1) is 14.9 Å². The van der Waals surface area contributed by atoms with Crippen molar-refractivity contribution in [3.8, 4) is 6.07 Å². The molecule has 160 valence electrons. The third-order valence-electron chi connectivity index (χ3n) is 5.89. The number of likely N-dealkylation sites (N-methyl/N-ethyl adjacent to an activating group) is 1. The molecule has 0 aliphatic carbocycles. The zero-order chi connectivity index (χ0) is 22.0. The first-order valence-electron chi connectivity index (χ1n) is 10.5. The van der Waals surface area contributed by atoms with Crippen LogP contribution in [0.25, 0.3) is 11.3 Å². The van der Waals surface area contributed by atoms with Gasteiger partial charge in [0.1, 0.15) is 6.07 Å². The number of hydrogen-bond donors (Lipinski definition) is 2. The van der Waals surface area contributed by atoms with Crippen molar-refractivity contribution in [3.05, 3.63) is 62.7 Å². The lowest BCUT2D eigenvalue weighted by Crippen LogP contribution is -2.50. The predicted molar refractivity (Wildman–Crippen MR) is 133 cm³/mol. The topological polar surface area (TPSA) is 74.9 Å². The molecule has 2 aliphatic rings. The number of nitrogens with one attached hydrogen (secondary N) is 1. The molecule has 0 amide bonds. The van der Waals surface area contributed by atoms with Crippen LogP contribution >= 0.6 is 22.6 Å². The molecule has 6 nitrogen and oxygen atoms in total. The summed E-state index contributed by atoms with van der Waals surface area (Å²) in [4.78, 5) is 9.22. The van der Waals surface area contributed by atoms with E-state index >= 15 is 0 Å². The summed E-state index contributed by atoms with van der Waals surface area (Å²) in [5.41, 5.74) is 5.00. The van der Waals surface area contributed by atoms with Crippen LogP contribution in [0.4, 0.5) is 5.69 Å². The Bertz CT molecular complexity index is 1060. The van der Waals surface area contributed by atoms with E-state index in [-0.39, 0.29) is 0 Å². The summed E-state index contributed by atoms with van der Waals surface area (Å²) in [5.74, 6) is 0.803. The van der Waals surface area contributed by atoms with Crippen molar-refractivity contribution < 1.29 is 5.11 Å². The molecule has 2 aliphatic heterocycles. The quantitative estimate of drug-likeness (QED) is 0.587. The molecule has 1 unspecified atom stereocenters. The molecule has 1 atom stereocenters. The number of guanidine groups is 1. The molecular formula is C24H26IN5O. The summed E-state index contributed by atoms with van der Waals surface area (Å²) in [6.07, 6.45) is 2.68. The van der Waals surface area contributed by atoms with Gasteiger partial charge in [-0.3, -0.25) is 0 Å². The standard InChI is InChI=1S/C24H26IN5O/c1-27-19-10-8-16(9-11-19)21-22(17-6-7-18(15-26)20(25)14-17)28-24(29(2)23(21)31)30-12-4-3-5-13-30/h6-11,14,23,27,31H,3-5,12-13H2,1-2H3. The van der Waals surface area contributed by atoms with E-state index in [1.807, 2.05) is 61.5 Å². The number of likely N-dealkylation sites (tertiary alicyclic amines) is 1. The van der Waals surface area contributed by atoms with Crippen molar-refractivity contribution in [2.24, 2.45) is 4.99 Å². The van der Waals surface area contributed by atoms with E-state index in [1.54, 1.807) is 0 Å². The minimum atomic E-state index is -0.821. The Hall–Kier alpha value is -2.57. The van der Waals surface area contributed by atoms with Crippen molar-refractivity contribution in [2.75, 3.05) is 32.5 Å². The van der Waals surface area contributed by atoms with Gasteiger partial charge in [-0.2, -0.15) is 5.26 Å². The first kappa shape index (κ1) is 21.7.